The lowest BCUT2D eigenvalue weighted by atomic mass is 10.0. The van der Waals surface area contributed by atoms with E-state index in [4.69, 9.17) is 9.57 Å². The Hall–Kier alpha value is -2.87. The van der Waals surface area contributed by atoms with Gasteiger partial charge >= 0.3 is 0 Å². The maximum Gasteiger partial charge on any atom is 0.229 e. The molecule has 1 aliphatic rings. The van der Waals surface area contributed by atoms with Crippen LogP contribution in [0.25, 0.3) is 0 Å². The highest BCUT2D eigenvalue weighted by molar-refractivity contribution is 5.85. The van der Waals surface area contributed by atoms with E-state index in [0.29, 0.717) is 19.2 Å². The highest BCUT2D eigenvalue weighted by atomic mass is 35.5. The molecule has 7 nitrogen and oxygen atoms in total. The number of benzene rings is 2. The van der Waals surface area contributed by atoms with Crippen LogP contribution in [0.4, 0.5) is 17.5 Å². The quantitative estimate of drug-likeness (QED) is 0.354. The molecule has 0 amide bonds. The van der Waals surface area contributed by atoms with Gasteiger partial charge in [0.15, 0.2) is 5.82 Å². The molecule has 1 unspecified atom stereocenters. The summed E-state index contributed by atoms with van der Waals surface area (Å²) in [5, 5.41) is 5.17. The van der Waals surface area contributed by atoms with Crippen LogP contribution >= 0.6 is 12.4 Å². The van der Waals surface area contributed by atoms with Crippen LogP contribution in [-0.2, 0) is 4.84 Å². The molecule has 0 spiro atoms. The molecule has 1 aromatic heterocycles. The zero-order chi connectivity index (χ0) is 22.9. The molecule has 0 radical (unpaired) electrons. The summed E-state index contributed by atoms with van der Waals surface area (Å²) < 4.78 is 5.88. The minimum atomic E-state index is 0. The first-order valence-corrected chi connectivity index (χ1v) is 11.8. The third-order valence-electron chi connectivity index (χ3n) is 5.85. The number of hydrogen-bond acceptors (Lipinski definition) is 7. The lowest BCUT2D eigenvalue weighted by Crippen LogP contribution is -2.25. The molecule has 182 valence electrons. The minimum absolute atomic E-state index is 0. The van der Waals surface area contributed by atoms with E-state index in [1.54, 1.807) is 6.20 Å². The third kappa shape index (κ3) is 6.82. The van der Waals surface area contributed by atoms with Crippen molar-refractivity contribution in [2.24, 2.45) is 0 Å². The van der Waals surface area contributed by atoms with Crippen LogP contribution in [0.3, 0.4) is 0 Å². The standard InChI is InChI=1S/C26H33N5O2.ClH/c1-3-30(4-2)18-8-19-32-23-13-11-22(12-14-23)28-26-27-17-15-25(29-26)31-24(16-20-33-31)21-9-6-5-7-10-21;/h5-7,9-15,17,24H,3-4,8,16,18-20H2,1-2H3,(H,27,28,29);1H. The Balaban J connectivity index is 0.00000324. The first-order valence-electron chi connectivity index (χ1n) is 11.8. The minimum Gasteiger partial charge on any atom is -0.494 e. The van der Waals surface area contributed by atoms with Gasteiger partial charge in [-0.25, -0.2) is 10.0 Å². The molecule has 34 heavy (non-hydrogen) atoms. The van der Waals surface area contributed by atoms with Crippen molar-refractivity contribution in [2.75, 3.05) is 43.2 Å². The lowest BCUT2D eigenvalue weighted by molar-refractivity contribution is 0.157. The van der Waals surface area contributed by atoms with Gasteiger partial charge < -0.3 is 15.0 Å². The number of rotatable bonds is 11. The summed E-state index contributed by atoms with van der Waals surface area (Å²) >= 11 is 0. The van der Waals surface area contributed by atoms with Crippen molar-refractivity contribution >= 4 is 29.9 Å². The van der Waals surface area contributed by atoms with Crippen LogP contribution in [-0.4, -0.2) is 47.7 Å². The Bertz CT molecular complexity index is 986. The Morgan fingerprint density at radius 2 is 1.82 bits per heavy atom. The molecule has 3 aromatic rings. The third-order valence-corrected chi connectivity index (χ3v) is 5.85. The fraction of sp³-hybridized carbons (Fsp3) is 0.385. The van der Waals surface area contributed by atoms with Crippen molar-refractivity contribution in [3.8, 4) is 5.75 Å². The van der Waals surface area contributed by atoms with Gasteiger partial charge in [0.1, 0.15) is 5.75 Å². The van der Waals surface area contributed by atoms with Gasteiger partial charge in [-0.05, 0) is 49.3 Å². The topological polar surface area (TPSA) is 62.8 Å². The number of halogens is 1. The average molecular weight is 484 g/mol. The molecular weight excluding hydrogens is 450 g/mol. The normalized spacial score (nSPS) is 15.3. The molecule has 1 aliphatic heterocycles. The molecule has 4 rings (SSSR count). The molecule has 0 aliphatic carbocycles. The Kier molecular flexibility index (Phi) is 9.94. The zero-order valence-corrected chi connectivity index (χ0v) is 20.7. The van der Waals surface area contributed by atoms with Crippen molar-refractivity contribution in [1.82, 2.24) is 14.9 Å². The van der Waals surface area contributed by atoms with Crippen LogP contribution < -0.4 is 15.1 Å². The van der Waals surface area contributed by atoms with E-state index in [2.05, 4.69) is 58.3 Å². The van der Waals surface area contributed by atoms with Crippen LogP contribution in [0.5, 0.6) is 5.75 Å². The first-order chi connectivity index (χ1) is 16.3. The number of hydroxylamine groups is 1. The largest absolute Gasteiger partial charge is 0.494 e. The summed E-state index contributed by atoms with van der Waals surface area (Å²) in [5.41, 5.74) is 2.13. The molecular formula is C26H34ClN5O2. The summed E-state index contributed by atoms with van der Waals surface area (Å²) in [7, 11) is 0. The molecule has 8 heteroatoms. The van der Waals surface area contributed by atoms with Crippen molar-refractivity contribution in [3.63, 3.8) is 0 Å². The van der Waals surface area contributed by atoms with E-state index in [-0.39, 0.29) is 18.4 Å². The smallest absolute Gasteiger partial charge is 0.229 e. The van der Waals surface area contributed by atoms with E-state index in [0.717, 1.165) is 49.7 Å². The molecule has 0 saturated carbocycles. The number of aromatic nitrogens is 2. The predicted molar refractivity (Wildman–Crippen MR) is 139 cm³/mol. The second-order valence-electron chi connectivity index (χ2n) is 7.99. The second kappa shape index (κ2) is 13.1. The SMILES string of the molecule is CCN(CC)CCCOc1ccc(Nc2nccc(N3OCCC3c3ccccc3)n2)cc1.Cl. The molecule has 2 heterocycles. The van der Waals surface area contributed by atoms with Gasteiger partial charge in [-0.1, -0.05) is 44.2 Å². The van der Waals surface area contributed by atoms with Crippen LogP contribution in [0.15, 0.2) is 66.9 Å². The molecule has 1 N–H and O–H groups in total. The van der Waals surface area contributed by atoms with Gasteiger partial charge in [0, 0.05) is 30.9 Å². The molecule has 1 atom stereocenters. The van der Waals surface area contributed by atoms with Gasteiger partial charge in [0.2, 0.25) is 5.95 Å². The van der Waals surface area contributed by atoms with E-state index in [1.165, 1.54) is 5.56 Å². The fourth-order valence-corrected chi connectivity index (χ4v) is 3.99. The Morgan fingerprint density at radius 3 is 2.56 bits per heavy atom. The summed E-state index contributed by atoms with van der Waals surface area (Å²) in [6.45, 7) is 8.99. The number of nitrogens with zero attached hydrogens (tertiary/aromatic N) is 4. The van der Waals surface area contributed by atoms with Gasteiger partial charge in [0.25, 0.3) is 0 Å². The Morgan fingerprint density at radius 1 is 1.06 bits per heavy atom. The van der Waals surface area contributed by atoms with E-state index < -0.39 is 0 Å². The van der Waals surface area contributed by atoms with Crippen LogP contribution in [0, 0.1) is 0 Å². The van der Waals surface area contributed by atoms with Gasteiger partial charge in [0.05, 0.1) is 19.3 Å². The van der Waals surface area contributed by atoms with Gasteiger partial charge in [-0.3, -0.25) is 4.84 Å². The van der Waals surface area contributed by atoms with E-state index in [1.807, 2.05) is 41.5 Å². The zero-order valence-electron chi connectivity index (χ0n) is 19.9. The van der Waals surface area contributed by atoms with Crippen molar-refractivity contribution in [3.05, 3.63) is 72.4 Å². The highest BCUT2D eigenvalue weighted by Crippen LogP contribution is 2.34. The van der Waals surface area contributed by atoms with Crippen LogP contribution in [0.2, 0.25) is 0 Å². The second-order valence-corrected chi connectivity index (χ2v) is 7.99. The first kappa shape index (κ1) is 25.7. The lowest BCUT2D eigenvalue weighted by Gasteiger charge is -2.24. The Labute approximate surface area is 208 Å². The maximum absolute atomic E-state index is 5.90. The number of ether oxygens (including phenoxy) is 1. The average Bonchev–Trinajstić information content (AvgIpc) is 3.36. The summed E-state index contributed by atoms with van der Waals surface area (Å²) in [6, 6.07) is 20.3. The van der Waals surface area contributed by atoms with Crippen molar-refractivity contribution < 1.29 is 9.57 Å². The predicted octanol–water partition coefficient (Wildman–Crippen LogP) is 5.64. The van der Waals surface area contributed by atoms with Crippen molar-refractivity contribution in [2.45, 2.75) is 32.7 Å². The number of anilines is 3. The molecule has 1 fully saturated rings. The number of hydrogen-bond donors (Lipinski definition) is 1. The summed E-state index contributed by atoms with van der Waals surface area (Å²) in [5.74, 6) is 2.14. The van der Waals surface area contributed by atoms with E-state index >= 15 is 0 Å². The fourth-order valence-electron chi connectivity index (χ4n) is 3.99. The monoisotopic (exact) mass is 483 g/mol. The molecule has 1 saturated heterocycles. The van der Waals surface area contributed by atoms with Crippen LogP contribution in [0.1, 0.15) is 38.3 Å². The van der Waals surface area contributed by atoms with Gasteiger partial charge in [-0.2, -0.15) is 4.98 Å². The molecule has 2 aromatic carbocycles. The molecule has 0 bridgehead atoms. The number of nitrogens with one attached hydrogen (secondary N) is 1. The van der Waals surface area contributed by atoms with Gasteiger partial charge in [-0.15, -0.1) is 12.4 Å². The summed E-state index contributed by atoms with van der Waals surface area (Å²) in [4.78, 5) is 17.4. The summed E-state index contributed by atoms with van der Waals surface area (Å²) in [6.07, 6.45) is 3.69. The highest BCUT2D eigenvalue weighted by Gasteiger charge is 2.28. The van der Waals surface area contributed by atoms with Crippen molar-refractivity contribution in [1.29, 1.82) is 0 Å². The van der Waals surface area contributed by atoms with E-state index in [9.17, 15) is 0 Å². The maximum atomic E-state index is 5.90.